The average molecular weight is 308 g/mol. The van der Waals surface area contributed by atoms with Crippen LogP contribution in [0.5, 0.6) is 5.75 Å². The Bertz CT molecular complexity index is 418. The van der Waals surface area contributed by atoms with Crippen LogP contribution in [0.15, 0.2) is 18.2 Å². The van der Waals surface area contributed by atoms with Crippen LogP contribution in [0.1, 0.15) is 13.8 Å². The van der Waals surface area contributed by atoms with Gasteiger partial charge in [-0.05, 0) is 32.0 Å². The molecule has 3 nitrogen and oxygen atoms in total. The molecule has 0 heterocycles. The number of hydrogen-bond donors (Lipinski definition) is 2. The quantitative estimate of drug-likeness (QED) is 0.820. The first-order valence-electron chi connectivity index (χ1n) is 5.39. The van der Waals surface area contributed by atoms with Crippen LogP contribution in [0, 0.1) is 0 Å². The Kier molecular flexibility index (Phi) is 5.63. The molecule has 0 fully saturated rings. The molecule has 0 aliphatic heterocycles. The lowest BCUT2D eigenvalue weighted by molar-refractivity contribution is -0.134. The summed E-state index contributed by atoms with van der Waals surface area (Å²) in [5, 5.41) is 3.64. The van der Waals surface area contributed by atoms with Gasteiger partial charge in [0.1, 0.15) is 5.75 Å². The van der Waals surface area contributed by atoms with Crippen LogP contribution in [0.2, 0.25) is 10.0 Å². The third kappa shape index (κ3) is 4.59. The number of rotatable bonds is 5. The zero-order chi connectivity index (χ0) is 13.8. The summed E-state index contributed by atoms with van der Waals surface area (Å²) in [5.74, 6) is 0.816. The van der Waals surface area contributed by atoms with Gasteiger partial charge in [0.25, 0.3) is 5.91 Å². The summed E-state index contributed by atoms with van der Waals surface area (Å²) in [6.07, 6.45) is 0. The second-order valence-electron chi connectivity index (χ2n) is 4.20. The Morgan fingerprint density at radius 2 is 1.89 bits per heavy atom. The molecule has 0 saturated carbocycles. The van der Waals surface area contributed by atoms with Crippen molar-refractivity contribution in [1.29, 1.82) is 0 Å². The van der Waals surface area contributed by atoms with Gasteiger partial charge in [-0.2, -0.15) is 12.6 Å². The van der Waals surface area contributed by atoms with Crippen LogP contribution in [-0.2, 0) is 4.79 Å². The van der Waals surface area contributed by atoms with Crippen molar-refractivity contribution in [3.05, 3.63) is 28.2 Å². The fourth-order valence-electron chi connectivity index (χ4n) is 1.31. The standard InChI is InChI=1S/C12H15Cl2NO2S/c1-12(2,11(16)15-3-4-18)17-10-6-8(13)5-9(14)7-10/h5-7,18H,3-4H2,1-2H3,(H,15,16). The minimum Gasteiger partial charge on any atom is -0.478 e. The maximum absolute atomic E-state index is 11.9. The van der Waals surface area contributed by atoms with Crippen LogP contribution >= 0.6 is 35.8 Å². The minimum absolute atomic E-state index is 0.215. The highest BCUT2D eigenvalue weighted by Gasteiger charge is 2.29. The highest BCUT2D eigenvalue weighted by atomic mass is 35.5. The fraction of sp³-hybridized carbons (Fsp3) is 0.417. The summed E-state index contributed by atoms with van der Waals surface area (Å²) in [4.78, 5) is 11.9. The third-order valence-electron chi connectivity index (χ3n) is 2.15. The second kappa shape index (κ2) is 6.55. The molecule has 0 unspecified atom stereocenters. The van der Waals surface area contributed by atoms with Gasteiger partial charge in [0.15, 0.2) is 5.60 Å². The van der Waals surface area contributed by atoms with E-state index in [0.717, 1.165) is 0 Å². The van der Waals surface area contributed by atoms with Gasteiger partial charge in [-0.25, -0.2) is 0 Å². The van der Waals surface area contributed by atoms with Crippen molar-refractivity contribution < 1.29 is 9.53 Å². The number of carbonyl (C=O) groups is 1. The van der Waals surface area contributed by atoms with Gasteiger partial charge in [0, 0.05) is 22.3 Å². The molecule has 100 valence electrons. The first kappa shape index (κ1) is 15.5. The predicted molar refractivity (Wildman–Crippen MR) is 78.0 cm³/mol. The van der Waals surface area contributed by atoms with Crippen molar-refractivity contribution in [3.63, 3.8) is 0 Å². The van der Waals surface area contributed by atoms with E-state index < -0.39 is 5.60 Å². The van der Waals surface area contributed by atoms with E-state index in [1.165, 1.54) is 0 Å². The van der Waals surface area contributed by atoms with Crippen LogP contribution < -0.4 is 10.1 Å². The summed E-state index contributed by atoms with van der Waals surface area (Å²) >= 11 is 15.8. The largest absolute Gasteiger partial charge is 0.478 e. The van der Waals surface area contributed by atoms with E-state index in [1.807, 2.05) is 0 Å². The summed E-state index contributed by atoms with van der Waals surface area (Å²) in [7, 11) is 0. The van der Waals surface area contributed by atoms with Crippen LogP contribution in [0.4, 0.5) is 0 Å². The van der Waals surface area contributed by atoms with Crippen molar-refractivity contribution in [2.45, 2.75) is 19.4 Å². The molecule has 0 aliphatic carbocycles. The summed E-state index contributed by atoms with van der Waals surface area (Å²) < 4.78 is 5.62. The van der Waals surface area contributed by atoms with Crippen LogP contribution in [0.25, 0.3) is 0 Å². The van der Waals surface area contributed by atoms with Gasteiger partial charge < -0.3 is 10.1 Å². The Balaban J connectivity index is 2.78. The lowest BCUT2D eigenvalue weighted by atomic mass is 10.1. The highest BCUT2D eigenvalue weighted by Crippen LogP contribution is 2.27. The number of benzene rings is 1. The Labute approximate surface area is 122 Å². The van der Waals surface area contributed by atoms with E-state index in [0.29, 0.717) is 28.1 Å². The van der Waals surface area contributed by atoms with Gasteiger partial charge in [0.05, 0.1) is 0 Å². The highest BCUT2D eigenvalue weighted by molar-refractivity contribution is 7.80. The molecule has 1 aromatic carbocycles. The molecule has 0 aromatic heterocycles. The van der Waals surface area contributed by atoms with Crippen molar-refractivity contribution >= 4 is 41.7 Å². The third-order valence-corrected chi connectivity index (χ3v) is 2.81. The lowest BCUT2D eigenvalue weighted by Gasteiger charge is -2.25. The maximum atomic E-state index is 11.9. The summed E-state index contributed by atoms with van der Waals surface area (Å²) in [6, 6.07) is 4.83. The smallest absolute Gasteiger partial charge is 0.263 e. The second-order valence-corrected chi connectivity index (χ2v) is 5.52. The topological polar surface area (TPSA) is 38.3 Å². The van der Waals surface area contributed by atoms with Crippen molar-refractivity contribution in [2.24, 2.45) is 0 Å². The first-order chi connectivity index (χ1) is 8.35. The summed E-state index contributed by atoms with van der Waals surface area (Å²) in [5.41, 5.74) is -1.00. The van der Waals surface area contributed by atoms with E-state index >= 15 is 0 Å². The SMILES string of the molecule is CC(C)(Oc1cc(Cl)cc(Cl)c1)C(=O)NCCS. The van der Waals surface area contributed by atoms with Crippen molar-refractivity contribution in [1.82, 2.24) is 5.32 Å². The monoisotopic (exact) mass is 307 g/mol. The first-order valence-corrected chi connectivity index (χ1v) is 6.78. The number of halogens is 2. The molecule has 0 spiro atoms. The number of thiol groups is 1. The zero-order valence-corrected chi connectivity index (χ0v) is 12.6. The van der Waals surface area contributed by atoms with Gasteiger partial charge in [-0.1, -0.05) is 23.2 Å². The van der Waals surface area contributed by atoms with Gasteiger partial charge in [0.2, 0.25) is 0 Å². The van der Waals surface area contributed by atoms with Gasteiger partial charge in [-0.3, -0.25) is 4.79 Å². The zero-order valence-electron chi connectivity index (χ0n) is 10.2. The van der Waals surface area contributed by atoms with Crippen molar-refractivity contribution in [2.75, 3.05) is 12.3 Å². The van der Waals surface area contributed by atoms with E-state index in [-0.39, 0.29) is 5.91 Å². The molecule has 0 atom stereocenters. The molecule has 1 rings (SSSR count). The lowest BCUT2D eigenvalue weighted by Crippen LogP contribution is -2.47. The van der Waals surface area contributed by atoms with Crippen LogP contribution in [-0.4, -0.2) is 23.8 Å². The van der Waals surface area contributed by atoms with E-state index in [9.17, 15) is 4.79 Å². The number of carbonyl (C=O) groups excluding carboxylic acids is 1. The molecule has 0 radical (unpaired) electrons. The maximum Gasteiger partial charge on any atom is 0.263 e. The van der Waals surface area contributed by atoms with Gasteiger partial charge >= 0.3 is 0 Å². The van der Waals surface area contributed by atoms with Crippen LogP contribution in [0.3, 0.4) is 0 Å². The van der Waals surface area contributed by atoms with E-state index in [1.54, 1.807) is 32.0 Å². The average Bonchev–Trinajstić information content (AvgIpc) is 2.23. The summed E-state index contributed by atoms with van der Waals surface area (Å²) in [6.45, 7) is 3.84. The number of ether oxygens (including phenoxy) is 1. The normalized spacial score (nSPS) is 11.2. The Morgan fingerprint density at radius 3 is 2.39 bits per heavy atom. The minimum atomic E-state index is -1.00. The van der Waals surface area contributed by atoms with E-state index in [2.05, 4.69) is 17.9 Å². The van der Waals surface area contributed by atoms with E-state index in [4.69, 9.17) is 27.9 Å². The van der Waals surface area contributed by atoms with Gasteiger partial charge in [-0.15, -0.1) is 0 Å². The molecule has 0 aliphatic rings. The number of hydrogen-bond acceptors (Lipinski definition) is 3. The molecular formula is C12H15Cl2NO2S. The molecule has 1 aromatic rings. The number of nitrogens with one attached hydrogen (secondary N) is 1. The molecule has 1 amide bonds. The Hall–Kier alpha value is -0.580. The predicted octanol–water partition coefficient (Wildman–Crippen LogP) is 3.20. The molecule has 18 heavy (non-hydrogen) atoms. The molecular weight excluding hydrogens is 293 g/mol. The molecule has 1 N–H and O–H groups in total. The number of amides is 1. The molecule has 0 bridgehead atoms. The molecule has 6 heteroatoms. The Morgan fingerprint density at radius 1 is 1.33 bits per heavy atom. The van der Waals surface area contributed by atoms with Crippen molar-refractivity contribution in [3.8, 4) is 5.75 Å². The fourth-order valence-corrected chi connectivity index (χ4v) is 1.93. The molecule has 0 saturated heterocycles.